The average molecular weight is 1750 g/mol. The highest BCUT2D eigenvalue weighted by Crippen LogP contribution is 2.46. The summed E-state index contributed by atoms with van der Waals surface area (Å²) in [5.41, 5.74) is 30.7. The Morgan fingerprint density at radius 1 is 0.341 bits per heavy atom. The molecule has 12 aromatic rings. The Kier molecular flexibility index (Phi) is 28.9. The van der Waals surface area contributed by atoms with Gasteiger partial charge in [0.1, 0.15) is 69.9 Å². The molecule has 0 spiro atoms. The van der Waals surface area contributed by atoms with E-state index in [1.54, 1.807) is 218 Å². The van der Waals surface area contributed by atoms with Crippen LogP contribution in [0.2, 0.25) is 15.1 Å². The maximum absolute atomic E-state index is 12.8. The molecule has 4 fully saturated rings. The molecule has 4 unspecified atom stereocenters. The largest absolute Gasteiger partial charge is 0.497 e. The fraction of sp³-hybridized carbons (Fsp3) is 0.173. The van der Waals surface area contributed by atoms with Crippen molar-refractivity contribution in [1.82, 2.24) is 0 Å². The van der Waals surface area contributed by atoms with Crippen LogP contribution in [0, 0.1) is 11.3 Å². The van der Waals surface area contributed by atoms with E-state index in [0.29, 0.717) is 187 Å². The summed E-state index contributed by atoms with van der Waals surface area (Å²) in [6.45, 7) is 2.15. The van der Waals surface area contributed by atoms with Crippen molar-refractivity contribution in [2.45, 2.75) is 56.0 Å². The Labute approximate surface area is 741 Å². The predicted molar refractivity (Wildman–Crippen MR) is 481 cm³/mol. The summed E-state index contributed by atoms with van der Waals surface area (Å²) in [7, 11) is 6.35. The van der Waals surface area contributed by atoms with Gasteiger partial charge in [0.25, 0.3) is 0 Å². The number of nitrogens with zero attached hydrogens (tertiary/aromatic N) is 5. The number of primary amides is 4. The van der Waals surface area contributed by atoms with Gasteiger partial charge in [0.05, 0.1) is 45.1 Å². The molecular formula is C98H86Cl3N9O16. The van der Waals surface area contributed by atoms with E-state index < -0.39 is 23.6 Å². The van der Waals surface area contributed by atoms with Gasteiger partial charge in [-0.3, -0.25) is 38.4 Å². The fourth-order valence-electron chi connectivity index (χ4n) is 15.0. The third-order valence-electron chi connectivity index (χ3n) is 21.5. The van der Waals surface area contributed by atoms with Crippen LogP contribution in [0.15, 0.2) is 267 Å². The molecule has 0 aromatic heterocycles. The van der Waals surface area contributed by atoms with Crippen LogP contribution in [0.25, 0.3) is 0 Å². The number of hydrogen-bond donors (Lipinski definition) is 4. The molecule has 4 atom stereocenters. The number of halogens is 3. The van der Waals surface area contributed by atoms with Crippen LogP contribution in [0.3, 0.4) is 0 Å². The van der Waals surface area contributed by atoms with Gasteiger partial charge in [-0.05, 0) is 175 Å². The van der Waals surface area contributed by atoms with Gasteiger partial charge in [0.15, 0.2) is 0 Å². The predicted octanol–water partition coefficient (Wildman–Crippen LogP) is 18.0. The van der Waals surface area contributed by atoms with Crippen LogP contribution in [-0.4, -0.2) is 102 Å². The number of hydrogen-bond acceptors (Lipinski definition) is 17. The zero-order valence-electron chi connectivity index (χ0n) is 68.8. The van der Waals surface area contributed by atoms with Crippen molar-refractivity contribution in [3.8, 4) is 69.3 Å². The highest BCUT2D eigenvalue weighted by atomic mass is 35.5. The van der Waals surface area contributed by atoms with Gasteiger partial charge < -0.3 is 80.4 Å². The second-order valence-corrected chi connectivity index (χ2v) is 30.9. The summed E-state index contributed by atoms with van der Waals surface area (Å²) < 4.78 is 45.9. The molecule has 0 saturated carbocycles. The van der Waals surface area contributed by atoms with Crippen molar-refractivity contribution >= 4 is 105 Å². The Morgan fingerprint density at radius 2 is 0.675 bits per heavy atom. The van der Waals surface area contributed by atoms with Crippen LogP contribution in [0.1, 0.15) is 124 Å². The molecule has 0 radical (unpaired) electrons. The smallest absolute Gasteiger partial charge is 0.248 e. The van der Waals surface area contributed by atoms with Gasteiger partial charge in [-0.15, -0.1) is 0 Å². The van der Waals surface area contributed by atoms with Crippen molar-refractivity contribution in [2.24, 2.45) is 22.9 Å². The van der Waals surface area contributed by atoms with E-state index >= 15 is 0 Å². The average Bonchev–Trinajstić information content (AvgIpc) is 1.65. The summed E-state index contributed by atoms with van der Waals surface area (Å²) in [4.78, 5) is 104. The van der Waals surface area contributed by atoms with Gasteiger partial charge in [-0.25, -0.2) is 0 Å². The normalized spacial score (nSPS) is 15.6. The first-order valence-corrected chi connectivity index (χ1v) is 40.9. The minimum Gasteiger partial charge on any atom is -0.497 e. The first kappa shape index (κ1) is 88.9. The summed E-state index contributed by atoms with van der Waals surface area (Å²) in [5, 5.41) is 10.6. The van der Waals surface area contributed by atoms with Crippen molar-refractivity contribution < 1.29 is 76.3 Å². The van der Waals surface area contributed by atoms with E-state index in [1.165, 1.54) is 0 Å². The summed E-state index contributed by atoms with van der Waals surface area (Å²) in [6, 6.07) is 80.1. The van der Waals surface area contributed by atoms with E-state index in [0.717, 1.165) is 27.8 Å². The number of carbonyl (C=O) groups excluding carboxylic acids is 8. The Balaban J connectivity index is 0.000000144. The Hall–Kier alpha value is -14.8. The van der Waals surface area contributed by atoms with Crippen molar-refractivity contribution in [3.63, 3.8) is 0 Å². The van der Waals surface area contributed by atoms with Crippen LogP contribution in [-0.2, 0) is 25.8 Å². The molecule has 4 aliphatic heterocycles. The highest BCUT2D eigenvalue weighted by molar-refractivity contribution is 6.32. The molecule has 12 aromatic carbocycles. The number of anilines is 4. The fourth-order valence-corrected chi connectivity index (χ4v) is 15.5. The lowest BCUT2D eigenvalue weighted by Gasteiger charge is -2.19. The molecule has 4 aliphatic rings. The van der Waals surface area contributed by atoms with E-state index in [4.69, 9.17) is 101 Å². The van der Waals surface area contributed by atoms with Gasteiger partial charge in [0.2, 0.25) is 47.3 Å². The molecule has 28 heteroatoms. The molecule has 25 nitrogen and oxygen atoms in total. The van der Waals surface area contributed by atoms with Gasteiger partial charge in [-0.2, -0.15) is 5.26 Å². The second kappa shape index (κ2) is 40.9. The van der Waals surface area contributed by atoms with Crippen molar-refractivity contribution in [1.29, 1.82) is 5.26 Å². The third kappa shape index (κ3) is 22.0. The number of methoxy groups -OCH3 is 4. The van der Waals surface area contributed by atoms with E-state index in [2.05, 4.69) is 6.07 Å². The second-order valence-electron chi connectivity index (χ2n) is 29.6. The molecule has 4 saturated heterocycles. The Morgan fingerprint density at radius 3 is 1.02 bits per heavy atom. The monoisotopic (exact) mass is 1750 g/mol. The lowest BCUT2D eigenvalue weighted by atomic mass is 9.97. The zero-order chi connectivity index (χ0) is 89.2. The van der Waals surface area contributed by atoms with Crippen LogP contribution < -0.4 is 80.4 Å². The lowest BCUT2D eigenvalue weighted by molar-refractivity contribution is -0.118. The van der Waals surface area contributed by atoms with E-state index in [1.807, 2.05) is 97.1 Å². The van der Waals surface area contributed by atoms with Crippen molar-refractivity contribution in [3.05, 3.63) is 338 Å². The Bertz CT molecular complexity index is 6130. The zero-order valence-corrected chi connectivity index (χ0v) is 71.1. The number of ether oxygens (including phenoxy) is 8. The molecular weight excluding hydrogens is 1670 g/mol. The van der Waals surface area contributed by atoms with Crippen molar-refractivity contribution in [2.75, 3.05) is 74.2 Å². The van der Waals surface area contributed by atoms with Gasteiger partial charge in [0, 0.05) is 172 Å². The quantitative estimate of drug-likeness (QED) is 0.0413. The number of nitriles is 1. The third-order valence-corrected chi connectivity index (χ3v) is 22.3. The molecule has 640 valence electrons. The molecule has 8 amide bonds. The lowest BCUT2D eigenvalue weighted by Crippen LogP contribution is -2.25. The summed E-state index contributed by atoms with van der Waals surface area (Å²) >= 11 is 18.3. The first-order valence-electron chi connectivity index (χ1n) is 39.8. The number of nitrogens with two attached hydrogens (primary N) is 4. The summed E-state index contributed by atoms with van der Waals surface area (Å²) in [5.74, 6) is 4.18. The van der Waals surface area contributed by atoms with Crippen LogP contribution >= 0.6 is 34.8 Å². The number of amides is 8. The number of benzene rings is 12. The molecule has 4 heterocycles. The number of rotatable bonds is 25. The molecule has 126 heavy (non-hydrogen) atoms. The minimum absolute atomic E-state index is 0.0279. The highest BCUT2D eigenvalue weighted by Gasteiger charge is 2.39. The standard InChI is InChI=1S/C26H23N3O4.3C24H21ClN2O4/c1-32-22-9-10-23(24(13-22)33-16-18-7-5-17(14-27)6-8-18)20-12-25(30)29(15-20)21-4-2-3-19(11-21)26(28)31;1-30-19-8-9-21(22(13-19)31-20-7-3-5-17(25)12-20)16-11-23(28)27(14-16)18-6-2-4-15(10-18)24(26)29;1-30-18-9-10-19(22(13-18)31-21-8-3-2-7-20(21)25)16-12-23(28)27(14-16)17-6-4-5-15(11-17)24(26)29;1-30-20-9-10-21(22(13-20)31-19-7-5-17(25)6-8-19)16-12-23(28)27(14-16)18-4-2-3-15(11-18)24(26)29/h2-11,13,20H,12,15-16H2,1H3,(H2,28,31);2-10,12-13,16H,11,14H2,1H3,(H2,26,29);2*2-11,13,16H,12,14H2,1H3,(H2,26,29). The van der Waals surface area contributed by atoms with E-state index in [-0.39, 0.29) is 47.3 Å². The maximum Gasteiger partial charge on any atom is 0.248 e. The molecule has 8 N–H and O–H groups in total. The maximum atomic E-state index is 12.8. The minimum atomic E-state index is -0.534. The molecule has 0 aliphatic carbocycles. The molecule has 16 rings (SSSR count). The van der Waals surface area contributed by atoms with E-state index in [9.17, 15) is 38.4 Å². The topological polar surface area (TPSA) is 351 Å². The van der Waals surface area contributed by atoms with Crippen LogP contribution in [0.4, 0.5) is 22.7 Å². The first-order chi connectivity index (χ1) is 60.8. The van der Waals surface area contributed by atoms with Gasteiger partial charge in [-0.1, -0.05) is 114 Å². The summed E-state index contributed by atoms with van der Waals surface area (Å²) in [6.07, 6.45) is 1.27. The number of para-hydroxylation sites is 1. The van der Waals surface area contributed by atoms with Gasteiger partial charge >= 0.3 is 0 Å². The SMILES string of the molecule is COc1ccc(C2CC(=O)N(c3cccc(C(N)=O)c3)C2)c(OCc2ccc(C#N)cc2)c1.COc1ccc(C2CC(=O)N(c3cccc(C(N)=O)c3)C2)c(Oc2ccc(Cl)cc2)c1.COc1ccc(C2CC(=O)N(c3cccc(C(N)=O)c3)C2)c(Oc2cccc(Cl)c2)c1.COc1ccc(C2CC(=O)N(c3cccc(C(N)=O)c3)C2)c(Oc2ccccc2Cl)c1. The van der Waals surface area contributed by atoms with Crippen LogP contribution in [0.5, 0.6) is 63.2 Å². The molecule has 0 bridgehead atoms. The number of carbonyl (C=O) groups is 8.